The van der Waals surface area contributed by atoms with Gasteiger partial charge in [-0.2, -0.15) is 0 Å². The van der Waals surface area contributed by atoms with Gasteiger partial charge in [-0.25, -0.2) is 4.79 Å². The van der Waals surface area contributed by atoms with Crippen molar-refractivity contribution in [2.75, 3.05) is 13.2 Å². The summed E-state index contributed by atoms with van der Waals surface area (Å²) in [4.78, 5) is 31.5. The number of nitrogens with one attached hydrogen (secondary N) is 1. The van der Waals surface area contributed by atoms with Gasteiger partial charge in [-0.3, -0.25) is 15.1 Å². The quantitative estimate of drug-likeness (QED) is 0.553. The lowest BCUT2D eigenvalue weighted by molar-refractivity contribution is -0.149. The topological polar surface area (TPSA) is 71.0 Å². The van der Waals surface area contributed by atoms with E-state index in [0.717, 1.165) is 38.5 Å². The molecule has 8 heteroatoms. The van der Waals surface area contributed by atoms with E-state index in [1.807, 2.05) is 6.92 Å². The fourth-order valence-corrected chi connectivity index (χ4v) is 5.42. The maximum Gasteiger partial charge on any atom is 0.323 e. The Morgan fingerprint density at radius 3 is 2.41 bits per heavy atom. The standard InChI is InChI=1S/C19H30ClN3O3S/c1-2-26-17(24)13-8-10-15(11-9-13)23(14-6-4-3-5-7-14)19(25)22-18-21-12-16(20)27-18/h13-16H,2-12H2,1H3,(H,21,22,25). The summed E-state index contributed by atoms with van der Waals surface area (Å²) in [5.74, 6) is -0.112. The first kappa shape index (κ1) is 20.8. The molecule has 3 aliphatic rings. The molecular weight excluding hydrogens is 386 g/mol. The third-order valence-electron chi connectivity index (χ3n) is 5.74. The van der Waals surface area contributed by atoms with Crippen LogP contribution in [0.4, 0.5) is 4.79 Å². The zero-order valence-electron chi connectivity index (χ0n) is 16.0. The minimum absolute atomic E-state index is 0.0239. The molecule has 1 heterocycles. The van der Waals surface area contributed by atoms with E-state index in [9.17, 15) is 9.59 Å². The molecule has 152 valence electrons. The van der Waals surface area contributed by atoms with Crippen LogP contribution in [0.1, 0.15) is 64.7 Å². The Bertz CT molecular complexity index is 560. The van der Waals surface area contributed by atoms with E-state index in [1.165, 1.54) is 31.0 Å². The summed E-state index contributed by atoms with van der Waals surface area (Å²) < 4.78 is 5.08. The number of nitrogens with zero attached hydrogens (tertiary/aromatic N) is 2. The number of halogens is 1. The normalized spacial score (nSPS) is 29.1. The molecule has 27 heavy (non-hydrogen) atoms. The minimum atomic E-state index is -0.0940. The highest BCUT2D eigenvalue weighted by molar-refractivity contribution is 8.15. The van der Waals surface area contributed by atoms with Crippen LogP contribution in [0.2, 0.25) is 0 Å². The molecule has 2 aliphatic carbocycles. The van der Waals surface area contributed by atoms with Crippen LogP contribution in [0.15, 0.2) is 4.99 Å². The van der Waals surface area contributed by atoms with Crippen LogP contribution < -0.4 is 5.32 Å². The third kappa shape index (κ3) is 5.53. The second-order valence-corrected chi connectivity index (χ2v) is 9.54. The van der Waals surface area contributed by atoms with E-state index in [4.69, 9.17) is 16.3 Å². The van der Waals surface area contributed by atoms with E-state index in [1.54, 1.807) is 0 Å². The zero-order chi connectivity index (χ0) is 19.2. The van der Waals surface area contributed by atoms with Crippen LogP contribution >= 0.6 is 23.4 Å². The summed E-state index contributed by atoms with van der Waals surface area (Å²) in [5.41, 5.74) is 0. The average Bonchev–Trinajstić information content (AvgIpc) is 3.08. The molecule has 1 unspecified atom stereocenters. The monoisotopic (exact) mass is 415 g/mol. The molecule has 0 aromatic heterocycles. The van der Waals surface area contributed by atoms with Gasteiger partial charge in [0.15, 0.2) is 5.17 Å². The van der Waals surface area contributed by atoms with Crippen molar-refractivity contribution < 1.29 is 14.3 Å². The Balaban J connectivity index is 1.63. The summed E-state index contributed by atoms with van der Waals surface area (Å²) in [6.45, 7) is 2.81. The van der Waals surface area contributed by atoms with Crippen molar-refractivity contribution >= 4 is 40.5 Å². The van der Waals surface area contributed by atoms with Crippen molar-refractivity contribution in [2.24, 2.45) is 10.9 Å². The van der Waals surface area contributed by atoms with Crippen LogP contribution in [0.25, 0.3) is 0 Å². The smallest absolute Gasteiger partial charge is 0.323 e. The number of thioether (sulfide) groups is 1. The number of hydrogen-bond acceptors (Lipinski definition) is 5. The Kier molecular flexibility index (Phi) is 7.70. The van der Waals surface area contributed by atoms with Gasteiger partial charge < -0.3 is 9.64 Å². The highest BCUT2D eigenvalue weighted by Crippen LogP contribution is 2.33. The number of amidine groups is 1. The van der Waals surface area contributed by atoms with Crippen molar-refractivity contribution in [1.29, 1.82) is 0 Å². The van der Waals surface area contributed by atoms with Crippen molar-refractivity contribution in [3.05, 3.63) is 0 Å². The van der Waals surface area contributed by atoms with Gasteiger partial charge in [0.1, 0.15) is 4.71 Å². The van der Waals surface area contributed by atoms with Crippen LogP contribution in [0, 0.1) is 5.92 Å². The second-order valence-electron chi connectivity index (χ2n) is 7.56. The summed E-state index contributed by atoms with van der Waals surface area (Å²) >= 11 is 7.49. The average molecular weight is 416 g/mol. The van der Waals surface area contributed by atoms with E-state index in [-0.39, 0.29) is 34.7 Å². The largest absolute Gasteiger partial charge is 0.466 e. The predicted octanol–water partition coefficient (Wildman–Crippen LogP) is 4.12. The van der Waals surface area contributed by atoms with E-state index in [2.05, 4.69) is 15.2 Å². The third-order valence-corrected chi connectivity index (χ3v) is 7.01. The molecule has 2 amide bonds. The lowest BCUT2D eigenvalue weighted by Crippen LogP contribution is -2.54. The number of carbonyl (C=O) groups is 2. The number of urea groups is 1. The molecular formula is C19H30ClN3O3S. The minimum Gasteiger partial charge on any atom is -0.466 e. The van der Waals surface area contributed by atoms with Crippen molar-refractivity contribution in [3.63, 3.8) is 0 Å². The van der Waals surface area contributed by atoms with Gasteiger partial charge in [0.25, 0.3) is 0 Å². The van der Waals surface area contributed by atoms with Crippen LogP contribution in [-0.4, -0.2) is 52.0 Å². The lowest BCUT2D eigenvalue weighted by Gasteiger charge is -2.42. The number of hydrogen-bond donors (Lipinski definition) is 1. The summed E-state index contributed by atoms with van der Waals surface area (Å²) in [7, 11) is 0. The van der Waals surface area contributed by atoms with Crippen molar-refractivity contribution in [1.82, 2.24) is 10.2 Å². The molecule has 0 aromatic carbocycles. The number of carbonyl (C=O) groups excluding carboxylic acids is 2. The van der Waals surface area contributed by atoms with Gasteiger partial charge in [-0.05, 0) is 45.4 Å². The highest BCUT2D eigenvalue weighted by atomic mass is 35.5. The Hall–Kier alpha value is -0.950. The van der Waals surface area contributed by atoms with Gasteiger partial charge in [-0.1, -0.05) is 31.0 Å². The van der Waals surface area contributed by atoms with Crippen LogP contribution in [0.5, 0.6) is 0 Å². The number of esters is 1. The van der Waals surface area contributed by atoms with Crippen molar-refractivity contribution in [2.45, 2.75) is 81.5 Å². The first-order valence-corrected chi connectivity index (χ1v) is 11.5. The SMILES string of the molecule is CCOC(=O)C1CCC(N(C(=O)NC2=NCC(Cl)S2)C2CCCCC2)CC1. The fraction of sp³-hybridized carbons (Fsp3) is 0.842. The highest BCUT2D eigenvalue weighted by Gasteiger charge is 2.37. The van der Waals surface area contributed by atoms with Crippen LogP contribution in [-0.2, 0) is 9.53 Å². The van der Waals surface area contributed by atoms with Crippen LogP contribution in [0.3, 0.4) is 0 Å². The Morgan fingerprint density at radius 2 is 1.81 bits per heavy atom. The molecule has 0 aromatic rings. The summed E-state index contributed by atoms with van der Waals surface area (Å²) in [6, 6.07) is 0.401. The molecule has 0 bridgehead atoms. The maximum absolute atomic E-state index is 13.1. The number of amides is 2. The lowest BCUT2D eigenvalue weighted by atomic mass is 9.83. The number of alkyl halides is 1. The fourth-order valence-electron chi connectivity index (χ4n) is 4.41. The molecule has 1 atom stereocenters. The molecule has 0 saturated heterocycles. The van der Waals surface area contributed by atoms with E-state index >= 15 is 0 Å². The van der Waals surface area contributed by atoms with Gasteiger partial charge >= 0.3 is 12.0 Å². The molecule has 1 N–H and O–H groups in total. The Labute approximate surface area is 170 Å². The number of rotatable bonds is 4. The summed E-state index contributed by atoms with van der Waals surface area (Å²) in [6.07, 6.45) is 9.00. The molecule has 2 saturated carbocycles. The number of ether oxygens (including phenoxy) is 1. The summed E-state index contributed by atoms with van der Waals surface area (Å²) in [5, 5.41) is 3.61. The zero-order valence-corrected chi connectivity index (χ0v) is 17.6. The predicted molar refractivity (Wildman–Crippen MR) is 109 cm³/mol. The second kappa shape index (κ2) is 10.0. The van der Waals surface area contributed by atoms with Gasteiger partial charge in [0.2, 0.25) is 0 Å². The molecule has 3 rings (SSSR count). The van der Waals surface area contributed by atoms with E-state index in [0.29, 0.717) is 18.3 Å². The molecule has 0 spiro atoms. The Morgan fingerprint density at radius 1 is 1.15 bits per heavy atom. The van der Waals surface area contributed by atoms with Gasteiger partial charge in [-0.15, -0.1) is 11.6 Å². The first-order valence-electron chi connectivity index (χ1n) is 10.2. The maximum atomic E-state index is 13.1. The number of aliphatic imine (C=N–C) groups is 1. The van der Waals surface area contributed by atoms with E-state index < -0.39 is 0 Å². The molecule has 6 nitrogen and oxygen atoms in total. The molecule has 0 radical (unpaired) electrons. The molecule has 2 fully saturated rings. The van der Waals surface area contributed by atoms with Gasteiger partial charge in [0, 0.05) is 12.1 Å². The van der Waals surface area contributed by atoms with Gasteiger partial charge in [0.05, 0.1) is 19.1 Å². The molecule has 1 aliphatic heterocycles. The van der Waals surface area contributed by atoms with Crippen molar-refractivity contribution in [3.8, 4) is 0 Å². The first-order chi connectivity index (χ1) is 13.1.